The third-order valence-electron chi connectivity index (χ3n) is 4.89. The van der Waals surface area contributed by atoms with Gasteiger partial charge in [-0.25, -0.2) is 0 Å². The van der Waals surface area contributed by atoms with Crippen LogP contribution < -0.4 is 10.2 Å². The van der Waals surface area contributed by atoms with Crippen LogP contribution in [0.4, 0.5) is 5.69 Å². The number of halogens is 1. The zero-order valence-corrected chi connectivity index (χ0v) is 17.0. The van der Waals surface area contributed by atoms with Gasteiger partial charge in [0.2, 0.25) is 0 Å². The van der Waals surface area contributed by atoms with Crippen LogP contribution in [0.3, 0.4) is 0 Å². The van der Waals surface area contributed by atoms with Crippen LogP contribution in [0.15, 0.2) is 23.8 Å². The number of hydrogen-bond donors (Lipinski definition) is 1. The van der Waals surface area contributed by atoms with E-state index in [0.717, 1.165) is 44.3 Å². The number of hydrogen-bond acceptors (Lipinski definition) is 4. The van der Waals surface area contributed by atoms with Crippen molar-refractivity contribution >= 4 is 52.5 Å². The molecule has 0 radical (unpaired) electrons. The summed E-state index contributed by atoms with van der Waals surface area (Å²) in [5.41, 5.74) is 3.44. The van der Waals surface area contributed by atoms with Gasteiger partial charge in [-0.05, 0) is 60.8 Å². The molecule has 0 aliphatic carbocycles. The minimum Gasteiger partial charge on any atom is -0.371 e. The molecule has 0 bridgehead atoms. The number of carbonyl (C=O) groups is 2. The van der Waals surface area contributed by atoms with Gasteiger partial charge < -0.3 is 4.90 Å². The van der Waals surface area contributed by atoms with Crippen LogP contribution in [0, 0.1) is 0 Å². The molecule has 2 aliphatic rings. The fourth-order valence-corrected chi connectivity index (χ4v) is 3.83. The Morgan fingerprint density at radius 3 is 2.81 bits per heavy atom. The molecule has 1 N–H and O–H groups in total. The number of fused-ring (bicyclic) bond motifs is 1. The summed E-state index contributed by atoms with van der Waals surface area (Å²) in [4.78, 5) is 28.9. The predicted octanol–water partition coefficient (Wildman–Crippen LogP) is 3.10. The molecular weight excluding hydrogens is 382 g/mol. The lowest BCUT2D eigenvalue weighted by atomic mass is 10.0. The average Bonchev–Trinajstić information content (AvgIpc) is 3.05. The van der Waals surface area contributed by atoms with Gasteiger partial charge in [0.1, 0.15) is 5.57 Å². The van der Waals surface area contributed by atoms with Crippen molar-refractivity contribution in [1.29, 1.82) is 0 Å². The van der Waals surface area contributed by atoms with Gasteiger partial charge in [0.15, 0.2) is 5.11 Å². The Balaban J connectivity index is 1.82. The number of thiocarbonyl (C=S) groups is 1. The first kappa shape index (κ1) is 19.8. The van der Waals surface area contributed by atoms with E-state index in [1.54, 1.807) is 6.08 Å². The van der Waals surface area contributed by atoms with E-state index in [9.17, 15) is 9.59 Å². The van der Waals surface area contributed by atoms with Gasteiger partial charge in [-0.2, -0.15) is 0 Å². The second-order valence-electron chi connectivity index (χ2n) is 6.80. The van der Waals surface area contributed by atoms with Crippen LogP contribution >= 0.6 is 23.8 Å². The summed E-state index contributed by atoms with van der Waals surface area (Å²) in [6.07, 6.45) is 5.37. The molecule has 2 aliphatic heterocycles. The molecule has 0 atom stereocenters. The molecule has 2 amide bonds. The minimum atomic E-state index is -0.429. The lowest BCUT2D eigenvalue weighted by Crippen LogP contribution is -2.54. The fourth-order valence-electron chi connectivity index (χ4n) is 3.44. The zero-order chi connectivity index (χ0) is 19.4. The fraction of sp³-hybridized carbons (Fsp3) is 0.450. The highest BCUT2D eigenvalue weighted by molar-refractivity contribution is 7.80. The molecule has 27 heavy (non-hydrogen) atoms. The van der Waals surface area contributed by atoms with E-state index in [1.165, 1.54) is 16.2 Å². The van der Waals surface area contributed by atoms with Gasteiger partial charge in [0, 0.05) is 31.2 Å². The van der Waals surface area contributed by atoms with E-state index in [1.807, 2.05) is 13.0 Å². The molecule has 5 nitrogen and oxygen atoms in total. The molecule has 0 saturated carbocycles. The lowest BCUT2D eigenvalue weighted by molar-refractivity contribution is -0.128. The van der Waals surface area contributed by atoms with Crippen LogP contribution in [0.2, 0.25) is 0 Å². The summed E-state index contributed by atoms with van der Waals surface area (Å²) in [6, 6.07) is 6.08. The second-order valence-corrected chi connectivity index (χ2v) is 7.56. The Bertz CT molecular complexity index is 793. The summed E-state index contributed by atoms with van der Waals surface area (Å²) in [5.74, 6) is -0.0904. The van der Waals surface area contributed by atoms with Gasteiger partial charge in [0.05, 0.1) is 0 Å². The van der Waals surface area contributed by atoms with Gasteiger partial charge in [-0.1, -0.05) is 19.4 Å². The summed E-state index contributed by atoms with van der Waals surface area (Å²) in [7, 11) is 0. The number of benzene rings is 1. The van der Waals surface area contributed by atoms with Crippen LogP contribution in [-0.2, 0) is 16.0 Å². The molecule has 1 aromatic carbocycles. The van der Waals surface area contributed by atoms with Crippen molar-refractivity contribution in [2.24, 2.45) is 0 Å². The zero-order valence-electron chi connectivity index (χ0n) is 15.5. The number of nitrogens with zero attached hydrogens (tertiary/aromatic N) is 2. The van der Waals surface area contributed by atoms with Gasteiger partial charge >= 0.3 is 0 Å². The number of carbonyl (C=O) groups excluding carboxylic acids is 2. The molecule has 2 heterocycles. The SMILES string of the molecule is CCCCN1C(=O)/C(=C/c2ccc3c(c2)CCN3CCCCl)C(=O)NC1=S. The Hall–Kier alpha value is -1.92. The number of rotatable bonds is 7. The number of unbranched alkanes of at least 4 members (excludes halogenated alkanes) is 1. The number of nitrogens with one attached hydrogen (secondary N) is 1. The Morgan fingerprint density at radius 2 is 2.07 bits per heavy atom. The summed E-state index contributed by atoms with van der Waals surface area (Å²) in [6.45, 7) is 4.49. The molecule has 1 aromatic rings. The molecular formula is C20H24ClN3O2S. The third-order valence-corrected chi connectivity index (χ3v) is 5.48. The number of anilines is 1. The Kier molecular flexibility index (Phi) is 6.50. The molecule has 0 aromatic heterocycles. The third kappa shape index (κ3) is 4.33. The Labute approximate surface area is 170 Å². The molecule has 0 spiro atoms. The second kappa shape index (κ2) is 8.85. The Morgan fingerprint density at radius 1 is 1.26 bits per heavy atom. The van der Waals surface area contributed by atoms with E-state index in [0.29, 0.717) is 12.4 Å². The highest BCUT2D eigenvalue weighted by Gasteiger charge is 2.33. The highest BCUT2D eigenvalue weighted by Crippen LogP contribution is 2.30. The van der Waals surface area contributed by atoms with Crippen LogP contribution in [0.5, 0.6) is 0 Å². The topological polar surface area (TPSA) is 52.7 Å². The summed E-state index contributed by atoms with van der Waals surface area (Å²) in [5, 5.41) is 2.82. The number of amides is 2. The molecule has 144 valence electrons. The monoisotopic (exact) mass is 405 g/mol. The van der Waals surface area contributed by atoms with Gasteiger partial charge in [-0.15, -0.1) is 11.6 Å². The molecule has 0 unspecified atom stereocenters. The van der Waals surface area contributed by atoms with Crippen molar-refractivity contribution in [3.63, 3.8) is 0 Å². The van der Waals surface area contributed by atoms with Gasteiger partial charge in [-0.3, -0.25) is 19.8 Å². The first-order chi connectivity index (χ1) is 13.0. The maximum Gasteiger partial charge on any atom is 0.265 e. The minimum absolute atomic E-state index is 0.136. The van der Waals surface area contributed by atoms with Gasteiger partial charge in [0.25, 0.3) is 11.8 Å². The first-order valence-corrected chi connectivity index (χ1v) is 10.3. The van der Waals surface area contributed by atoms with Crippen molar-refractivity contribution in [3.05, 3.63) is 34.9 Å². The normalized spacial score (nSPS) is 18.3. The molecule has 3 rings (SSSR count). The van der Waals surface area contributed by atoms with Crippen molar-refractivity contribution in [2.45, 2.75) is 32.6 Å². The standard InChI is InChI=1S/C20H24ClN3O2S/c1-2-3-10-24-19(26)16(18(25)22-20(24)27)13-14-5-6-17-15(12-14)7-11-23(17)9-4-8-21/h5-6,12-13H,2-4,7-11H2,1H3,(H,22,25,27)/b16-13+. The quantitative estimate of drug-likeness (QED) is 0.328. The van der Waals surface area contributed by atoms with Crippen LogP contribution in [0.25, 0.3) is 6.08 Å². The largest absolute Gasteiger partial charge is 0.371 e. The van der Waals surface area contributed by atoms with Crippen LogP contribution in [0.1, 0.15) is 37.3 Å². The van der Waals surface area contributed by atoms with Crippen molar-refractivity contribution in [2.75, 3.05) is 30.4 Å². The first-order valence-electron chi connectivity index (χ1n) is 9.38. The predicted molar refractivity (Wildman–Crippen MR) is 113 cm³/mol. The van der Waals surface area contributed by atoms with E-state index >= 15 is 0 Å². The maximum absolute atomic E-state index is 12.7. The lowest BCUT2D eigenvalue weighted by Gasteiger charge is -2.28. The summed E-state index contributed by atoms with van der Waals surface area (Å²) >= 11 is 11.0. The molecule has 7 heteroatoms. The highest BCUT2D eigenvalue weighted by atomic mass is 35.5. The van der Waals surface area contributed by atoms with E-state index in [2.05, 4.69) is 22.3 Å². The van der Waals surface area contributed by atoms with Crippen molar-refractivity contribution in [3.8, 4) is 0 Å². The molecule has 1 saturated heterocycles. The van der Waals surface area contributed by atoms with E-state index < -0.39 is 5.91 Å². The maximum atomic E-state index is 12.7. The molecule has 1 fully saturated rings. The van der Waals surface area contributed by atoms with E-state index in [-0.39, 0.29) is 16.6 Å². The summed E-state index contributed by atoms with van der Waals surface area (Å²) < 4.78 is 0. The van der Waals surface area contributed by atoms with Crippen LogP contribution in [-0.4, -0.2) is 47.3 Å². The van der Waals surface area contributed by atoms with Crippen molar-refractivity contribution < 1.29 is 9.59 Å². The average molecular weight is 406 g/mol. The smallest absolute Gasteiger partial charge is 0.265 e. The number of alkyl halides is 1. The van der Waals surface area contributed by atoms with E-state index in [4.69, 9.17) is 23.8 Å². The van der Waals surface area contributed by atoms with Crippen molar-refractivity contribution in [1.82, 2.24) is 10.2 Å².